The molecule has 1 unspecified atom stereocenters. The van der Waals surface area contributed by atoms with E-state index < -0.39 is 23.7 Å². The molecule has 3 N–H and O–H groups in total. The summed E-state index contributed by atoms with van der Waals surface area (Å²) in [5.41, 5.74) is 6.74. The number of hydrogen-bond acceptors (Lipinski definition) is 2. The van der Waals surface area contributed by atoms with Gasteiger partial charge in [0.2, 0.25) is 0 Å². The van der Waals surface area contributed by atoms with Gasteiger partial charge in [-0.3, -0.25) is 4.79 Å². The lowest BCUT2D eigenvalue weighted by atomic mass is 10.1. The number of primary amides is 1. The average molecular weight is 347 g/mol. The second-order valence-corrected chi connectivity index (χ2v) is 5.68. The number of nitrogens with one attached hydrogen (secondary N) is 1. The molecule has 0 radical (unpaired) electrons. The number of halogens is 2. The molecule has 0 bridgehead atoms. The van der Waals surface area contributed by atoms with Gasteiger partial charge >= 0.3 is 6.03 Å². The Kier molecular flexibility index (Phi) is 5.69. The molecule has 7 heteroatoms. The van der Waals surface area contributed by atoms with Gasteiger partial charge in [0.05, 0.1) is 6.04 Å². The zero-order valence-electron chi connectivity index (χ0n) is 13.9. The molecule has 0 heterocycles. The van der Waals surface area contributed by atoms with E-state index in [9.17, 15) is 18.4 Å². The van der Waals surface area contributed by atoms with Crippen LogP contribution in [0.2, 0.25) is 0 Å². The Bertz CT molecular complexity index is 778. The van der Waals surface area contributed by atoms with E-state index in [1.54, 1.807) is 38.2 Å². The van der Waals surface area contributed by atoms with Crippen LogP contribution < -0.4 is 11.1 Å². The van der Waals surface area contributed by atoms with Crippen molar-refractivity contribution in [3.8, 4) is 0 Å². The van der Waals surface area contributed by atoms with Crippen molar-refractivity contribution in [2.45, 2.75) is 19.5 Å². The molecule has 1 atom stereocenters. The van der Waals surface area contributed by atoms with Gasteiger partial charge in [0.25, 0.3) is 5.91 Å². The summed E-state index contributed by atoms with van der Waals surface area (Å²) in [6.45, 7) is 2.00. The fraction of sp³-hybridized carbons (Fsp3) is 0.222. The van der Waals surface area contributed by atoms with Gasteiger partial charge in [0.15, 0.2) is 11.6 Å². The highest BCUT2D eigenvalue weighted by Crippen LogP contribution is 2.22. The summed E-state index contributed by atoms with van der Waals surface area (Å²) in [5.74, 6) is -2.13. The number of benzene rings is 2. The molecular formula is C18H19F2N3O2. The third-order valence-corrected chi connectivity index (χ3v) is 3.99. The third kappa shape index (κ3) is 4.53. The molecule has 0 aliphatic heterocycles. The number of nitrogens with two attached hydrogens (primary N) is 1. The molecule has 3 amide bonds. The lowest BCUT2D eigenvalue weighted by Crippen LogP contribution is -2.30. The van der Waals surface area contributed by atoms with Crippen molar-refractivity contribution in [2.75, 3.05) is 7.05 Å². The van der Waals surface area contributed by atoms with Crippen LogP contribution in [0, 0.1) is 11.6 Å². The van der Waals surface area contributed by atoms with Gasteiger partial charge in [-0.15, -0.1) is 0 Å². The maximum Gasteiger partial charge on any atom is 0.312 e. The van der Waals surface area contributed by atoms with Crippen molar-refractivity contribution in [1.29, 1.82) is 0 Å². The van der Waals surface area contributed by atoms with Gasteiger partial charge in [0.1, 0.15) is 0 Å². The average Bonchev–Trinajstić information content (AvgIpc) is 2.60. The number of hydrogen-bond donors (Lipinski definition) is 2. The molecule has 2 rings (SSSR count). The van der Waals surface area contributed by atoms with Gasteiger partial charge in [-0.2, -0.15) is 0 Å². The number of carbonyl (C=O) groups excluding carboxylic acids is 2. The van der Waals surface area contributed by atoms with Crippen LogP contribution in [0.4, 0.5) is 13.6 Å². The van der Waals surface area contributed by atoms with Crippen LogP contribution in [-0.4, -0.2) is 23.9 Å². The number of urea groups is 1. The Labute approximate surface area is 144 Å². The molecule has 132 valence electrons. The Hall–Kier alpha value is -2.96. The lowest BCUT2D eigenvalue weighted by molar-refractivity contribution is 0.0742. The van der Waals surface area contributed by atoms with E-state index in [4.69, 9.17) is 5.73 Å². The zero-order valence-corrected chi connectivity index (χ0v) is 13.9. The van der Waals surface area contributed by atoms with Crippen LogP contribution in [0.3, 0.4) is 0 Å². The first-order valence-corrected chi connectivity index (χ1v) is 7.64. The Balaban J connectivity index is 2.10. The van der Waals surface area contributed by atoms with Crippen molar-refractivity contribution in [1.82, 2.24) is 10.2 Å². The fourth-order valence-corrected chi connectivity index (χ4v) is 2.33. The summed E-state index contributed by atoms with van der Waals surface area (Å²) in [7, 11) is 1.59. The Morgan fingerprint density at radius 3 is 2.32 bits per heavy atom. The molecule has 0 aliphatic rings. The topological polar surface area (TPSA) is 75.4 Å². The zero-order chi connectivity index (χ0) is 18.6. The molecule has 0 saturated heterocycles. The Morgan fingerprint density at radius 2 is 1.76 bits per heavy atom. The van der Waals surface area contributed by atoms with Crippen molar-refractivity contribution in [3.63, 3.8) is 0 Å². The van der Waals surface area contributed by atoms with Gasteiger partial charge < -0.3 is 16.0 Å². The number of rotatable bonds is 5. The summed E-state index contributed by atoms with van der Waals surface area (Å²) < 4.78 is 26.4. The number of amides is 3. The van der Waals surface area contributed by atoms with Crippen molar-refractivity contribution < 1.29 is 18.4 Å². The second-order valence-electron chi connectivity index (χ2n) is 5.68. The molecule has 0 fully saturated rings. The van der Waals surface area contributed by atoms with Crippen LogP contribution in [0.15, 0.2) is 42.5 Å². The molecule has 0 saturated carbocycles. The molecule has 25 heavy (non-hydrogen) atoms. The molecule has 2 aromatic carbocycles. The van der Waals surface area contributed by atoms with Crippen molar-refractivity contribution >= 4 is 11.9 Å². The monoisotopic (exact) mass is 347 g/mol. The van der Waals surface area contributed by atoms with E-state index in [1.807, 2.05) is 0 Å². The first kappa shape index (κ1) is 18.4. The van der Waals surface area contributed by atoms with E-state index >= 15 is 0 Å². The van der Waals surface area contributed by atoms with Gasteiger partial charge in [0, 0.05) is 19.2 Å². The van der Waals surface area contributed by atoms with Crippen molar-refractivity contribution in [2.24, 2.45) is 5.73 Å². The highest BCUT2D eigenvalue weighted by Gasteiger charge is 2.20. The van der Waals surface area contributed by atoms with Crippen LogP contribution in [0.5, 0.6) is 0 Å². The predicted molar refractivity (Wildman–Crippen MR) is 89.7 cm³/mol. The molecule has 2 aromatic rings. The second kappa shape index (κ2) is 7.74. The summed E-state index contributed by atoms with van der Waals surface area (Å²) in [5, 5.41) is 2.46. The summed E-state index contributed by atoms with van der Waals surface area (Å²) in [4.78, 5) is 24.7. The van der Waals surface area contributed by atoms with Crippen LogP contribution in [-0.2, 0) is 6.54 Å². The SMILES string of the molecule is CC(c1ccc(F)c(F)c1)N(C)C(=O)c1ccc(CNC(N)=O)cc1. The first-order chi connectivity index (χ1) is 11.8. The van der Waals surface area contributed by atoms with Gasteiger partial charge in [-0.25, -0.2) is 13.6 Å². The lowest BCUT2D eigenvalue weighted by Gasteiger charge is -2.25. The maximum absolute atomic E-state index is 13.4. The van der Waals surface area contributed by atoms with Gasteiger partial charge in [-0.05, 0) is 42.3 Å². The predicted octanol–water partition coefficient (Wildman–Crippen LogP) is 2.97. The highest BCUT2D eigenvalue weighted by atomic mass is 19.2. The number of carbonyl (C=O) groups is 2. The van der Waals surface area contributed by atoms with E-state index in [1.165, 1.54) is 11.0 Å². The smallest absolute Gasteiger partial charge is 0.312 e. The minimum absolute atomic E-state index is 0.258. The van der Waals surface area contributed by atoms with Crippen LogP contribution in [0.25, 0.3) is 0 Å². The minimum atomic E-state index is -0.948. The third-order valence-electron chi connectivity index (χ3n) is 3.99. The van der Waals surface area contributed by atoms with E-state index in [0.717, 1.165) is 17.7 Å². The normalized spacial score (nSPS) is 11.7. The highest BCUT2D eigenvalue weighted by molar-refractivity contribution is 5.94. The van der Waals surface area contributed by atoms with E-state index in [0.29, 0.717) is 11.1 Å². The molecule has 0 aromatic heterocycles. The van der Waals surface area contributed by atoms with Crippen LogP contribution in [0.1, 0.15) is 34.5 Å². The standard InChI is InChI=1S/C18H19F2N3O2/c1-11(14-7-8-15(19)16(20)9-14)23(2)17(24)13-5-3-12(4-6-13)10-22-18(21)25/h3-9,11H,10H2,1-2H3,(H3,21,22,25). The quantitative estimate of drug-likeness (QED) is 0.872. The van der Waals surface area contributed by atoms with E-state index in [2.05, 4.69) is 5.32 Å². The largest absolute Gasteiger partial charge is 0.352 e. The molecule has 5 nitrogen and oxygen atoms in total. The van der Waals surface area contributed by atoms with Crippen LogP contribution >= 0.6 is 0 Å². The Morgan fingerprint density at radius 1 is 1.12 bits per heavy atom. The number of nitrogens with zero attached hydrogens (tertiary/aromatic N) is 1. The van der Waals surface area contributed by atoms with Crippen molar-refractivity contribution in [3.05, 3.63) is 70.8 Å². The summed E-state index contributed by atoms with van der Waals surface area (Å²) in [6.07, 6.45) is 0. The van der Waals surface area contributed by atoms with E-state index in [-0.39, 0.29) is 12.5 Å². The molecule has 0 spiro atoms. The summed E-state index contributed by atoms with van der Waals surface area (Å²) >= 11 is 0. The first-order valence-electron chi connectivity index (χ1n) is 7.64. The van der Waals surface area contributed by atoms with Gasteiger partial charge in [-0.1, -0.05) is 18.2 Å². The maximum atomic E-state index is 13.4. The summed E-state index contributed by atoms with van der Waals surface area (Å²) in [6, 6.07) is 9.20. The minimum Gasteiger partial charge on any atom is -0.352 e. The molecule has 0 aliphatic carbocycles. The fourth-order valence-electron chi connectivity index (χ4n) is 2.33. The molecular weight excluding hydrogens is 328 g/mol.